The van der Waals surface area contributed by atoms with E-state index >= 15 is 0 Å². The molecule has 4 rings (SSSR count). The van der Waals surface area contributed by atoms with Gasteiger partial charge in [0, 0.05) is 10.9 Å². The van der Waals surface area contributed by atoms with E-state index in [0.717, 1.165) is 15.5 Å². The third-order valence-electron chi connectivity index (χ3n) is 4.37. The fraction of sp³-hybridized carbons (Fsp3) is 0.200. The Morgan fingerprint density at radius 2 is 2.07 bits per heavy atom. The standard InChI is InChI=1S/C20H16F2N2O3/c1-12-6-7-14-13(10-26-17(14)8-12)9-19(25)27-11-18-23-15-4-2-3-5-16(15)24(18)20(21)22/h2-8,10,20H,9,11H2,1H3. The summed E-state index contributed by atoms with van der Waals surface area (Å²) in [5.74, 6) is -0.529. The van der Waals surface area contributed by atoms with Gasteiger partial charge in [0.1, 0.15) is 12.2 Å². The van der Waals surface area contributed by atoms with E-state index in [1.54, 1.807) is 24.3 Å². The molecule has 2 aromatic heterocycles. The normalized spacial score (nSPS) is 11.6. The third kappa shape index (κ3) is 3.28. The van der Waals surface area contributed by atoms with Crippen molar-refractivity contribution in [3.05, 3.63) is 65.7 Å². The molecule has 0 spiro atoms. The van der Waals surface area contributed by atoms with E-state index in [0.29, 0.717) is 22.2 Å². The van der Waals surface area contributed by atoms with Crippen molar-refractivity contribution >= 4 is 28.0 Å². The summed E-state index contributed by atoms with van der Waals surface area (Å²) < 4.78 is 38.2. The Kier molecular flexibility index (Phi) is 4.35. The molecule has 0 aliphatic rings. The topological polar surface area (TPSA) is 57.3 Å². The summed E-state index contributed by atoms with van der Waals surface area (Å²) in [5, 5.41) is 0.831. The molecule has 0 N–H and O–H groups in total. The number of carbonyl (C=O) groups excluding carboxylic acids is 1. The quantitative estimate of drug-likeness (QED) is 0.475. The third-order valence-corrected chi connectivity index (χ3v) is 4.37. The lowest BCUT2D eigenvalue weighted by atomic mass is 10.1. The molecule has 0 amide bonds. The molecule has 138 valence electrons. The highest BCUT2D eigenvalue weighted by Crippen LogP contribution is 2.25. The first-order chi connectivity index (χ1) is 13.0. The SMILES string of the molecule is Cc1ccc2c(CC(=O)OCc3nc4ccccc4n3C(F)F)coc2c1. The minimum absolute atomic E-state index is 0.00669. The lowest BCUT2D eigenvalue weighted by Gasteiger charge is -2.08. The number of imidazole rings is 1. The van der Waals surface area contributed by atoms with Crippen molar-refractivity contribution in [2.75, 3.05) is 0 Å². The predicted octanol–water partition coefficient (Wildman–Crippen LogP) is 4.77. The van der Waals surface area contributed by atoms with Crippen LogP contribution in [0.25, 0.3) is 22.0 Å². The minimum Gasteiger partial charge on any atom is -0.464 e. The van der Waals surface area contributed by atoms with Crippen LogP contribution in [0, 0.1) is 6.92 Å². The fourth-order valence-electron chi connectivity index (χ4n) is 3.09. The van der Waals surface area contributed by atoms with Gasteiger partial charge in [0.05, 0.1) is 23.7 Å². The number of hydrogen-bond donors (Lipinski definition) is 0. The second kappa shape index (κ2) is 6.83. The van der Waals surface area contributed by atoms with Crippen molar-refractivity contribution in [3.63, 3.8) is 0 Å². The molecule has 0 aliphatic heterocycles. The zero-order valence-corrected chi connectivity index (χ0v) is 14.5. The van der Waals surface area contributed by atoms with Crippen LogP contribution in [-0.4, -0.2) is 15.5 Å². The first-order valence-corrected chi connectivity index (χ1v) is 8.39. The highest BCUT2D eigenvalue weighted by atomic mass is 19.3. The zero-order chi connectivity index (χ0) is 19.0. The summed E-state index contributed by atoms with van der Waals surface area (Å²) in [6.45, 7) is -1.15. The van der Waals surface area contributed by atoms with Gasteiger partial charge in [-0.3, -0.25) is 9.36 Å². The van der Waals surface area contributed by atoms with Gasteiger partial charge in [-0.1, -0.05) is 24.3 Å². The average molecular weight is 370 g/mol. The maximum atomic E-state index is 13.4. The van der Waals surface area contributed by atoms with Crippen molar-refractivity contribution in [1.29, 1.82) is 0 Å². The molecule has 0 saturated carbocycles. The average Bonchev–Trinajstić information content (AvgIpc) is 3.20. The second-order valence-corrected chi connectivity index (χ2v) is 6.26. The zero-order valence-electron chi connectivity index (χ0n) is 14.5. The van der Waals surface area contributed by atoms with E-state index in [4.69, 9.17) is 9.15 Å². The lowest BCUT2D eigenvalue weighted by molar-refractivity contribution is -0.144. The molecule has 0 fully saturated rings. The van der Waals surface area contributed by atoms with Crippen LogP contribution in [-0.2, 0) is 22.6 Å². The Hall–Kier alpha value is -3.22. The van der Waals surface area contributed by atoms with Crippen molar-refractivity contribution < 1.29 is 22.7 Å². The summed E-state index contributed by atoms with van der Waals surface area (Å²) in [6.07, 6.45) is 1.50. The molecule has 7 heteroatoms. The van der Waals surface area contributed by atoms with Crippen LogP contribution in [0.2, 0.25) is 0 Å². The number of para-hydroxylation sites is 2. The van der Waals surface area contributed by atoms with Crippen molar-refractivity contribution in [1.82, 2.24) is 9.55 Å². The number of carbonyl (C=O) groups is 1. The van der Waals surface area contributed by atoms with Crippen LogP contribution in [0.1, 0.15) is 23.5 Å². The molecule has 0 atom stereocenters. The second-order valence-electron chi connectivity index (χ2n) is 6.26. The Morgan fingerprint density at radius 1 is 1.26 bits per heavy atom. The smallest absolute Gasteiger partial charge is 0.320 e. The molecule has 2 aromatic carbocycles. The molecule has 0 unspecified atom stereocenters. The molecular formula is C20H16F2N2O3. The van der Waals surface area contributed by atoms with Gasteiger partial charge in [0.2, 0.25) is 0 Å². The van der Waals surface area contributed by atoms with Crippen molar-refractivity contribution in [2.45, 2.75) is 26.5 Å². The monoisotopic (exact) mass is 370 g/mol. The van der Waals surface area contributed by atoms with E-state index in [1.807, 2.05) is 25.1 Å². The van der Waals surface area contributed by atoms with Gasteiger partial charge >= 0.3 is 12.5 Å². The number of ether oxygens (including phenoxy) is 1. The Bertz CT molecular complexity index is 1130. The first-order valence-electron chi connectivity index (χ1n) is 8.39. The number of rotatable bonds is 5. The highest BCUT2D eigenvalue weighted by molar-refractivity contribution is 5.86. The largest absolute Gasteiger partial charge is 0.464 e. The van der Waals surface area contributed by atoms with Crippen molar-refractivity contribution in [3.8, 4) is 0 Å². The van der Waals surface area contributed by atoms with E-state index in [2.05, 4.69) is 4.98 Å². The predicted molar refractivity (Wildman–Crippen MR) is 95.4 cm³/mol. The maximum absolute atomic E-state index is 13.4. The Morgan fingerprint density at radius 3 is 2.89 bits per heavy atom. The number of halogens is 2. The first kappa shape index (κ1) is 17.2. The van der Waals surface area contributed by atoms with E-state index in [-0.39, 0.29) is 18.9 Å². The van der Waals surface area contributed by atoms with Crippen LogP contribution in [0.4, 0.5) is 8.78 Å². The Labute approximate surface area is 153 Å². The number of fused-ring (bicyclic) bond motifs is 2. The molecular weight excluding hydrogens is 354 g/mol. The van der Waals surface area contributed by atoms with Gasteiger partial charge in [-0.2, -0.15) is 8.78 Å². The number of aromatic nitrogens is 2. The Balaban J connectivity index is 1.51. The van der Waals surface area contributed by atoms with E-state index < -0.39 is 12.5 Å². The molecule has 5 nitrogen and oxygen atoms in total. The van der Waals surface area contributed by atoms with Crippen LogP contribution in [0.3, 0.4) is 0 Å². The van der Waals surface area contributed by atoms with Gasteiger partial charge in [0.25, 0.3) is 0 Å². The number of nitrogens with zero attached hydrogens (tertiary/aromatic N) is 2. The number of alkyl halides is 2. The van der Waals surface area contributed by atoms with Gasteiger partial charge < -0.3 is 9.15 Å². The molecule has 2 heterocycles. The summed E-state index contributed by atoms with van der Waals surface area (Å²) in [6, 6.07) is 12.3. The summed E-state index contributed by atoms with van der Waals surface area (Å²) in [4.78, 5) is 16.4. The molecule has 0 radical (unpaired) electrons. The van der Waals surface area contributed by atoms with Gasteiger partial charge in [-0.05, 0) is 30.7 Å². The van der Waals surface area contributed by atoms with Crippen LogP contribution >= 0.6 is 0 Å². The van der Waals surface area contributed by atoms with Crippen LogP contribution in [0.5, 0.6) is 0 Å². The lowest BCUT2D eigenvalue weighted by Crippen LogP contribution is -2.12. The molecule has 0 bridgehead atoms. The summed E-state index contributed by atoms with van der Waals surface area (Å²) in [5.41, 5.74) is 3.17. The van der Waals surface area contributed by atoms with Gasteiger partial charge in [-0.15, -0.1) is 0 Å². The van der Waals surface area contributed by atoms with Crippen LogP contribution in [0.15, 0.2) is 53.1 Å². The molecule has 27 heavy (non-hydrogen) atoms. The number of furan rings is 1. The molecule has 0 saturated heterocycles. The van der Waals surface area contributed by atoms with E-state index in [1.165, 1.54) is 6.26 Å². The minimum atomic E-state index is -2.77. The molecule has 4 aromatic rings. The highest BCUT2D eigenvalue weighted by Gasteiger charge is 2.19. The number of benzene rings is 2. The van der Waals surface area contributed by atoms with Gasteiger partial charge in [0.15, 0.2) is 5.82 Å². The summed E-state index contributed by atoms with van der Waals surface area (Å²) >= 11 is 0. The number of hydrogen-bond acceptors (Lipinski definition) is 4. The number of aryl methyl sites for hydroxylation is 1. The number of esters is 1. The van der Waals surface area contributed by atoms with Gasteiger partial charge in [-0.25, -0.2) is 4.98 Å². The summed E-state index contributed by atoms with van der Waals surface area (Å²) in [7, 11) is 0. The van der Waals surface area contributed by atoms with Crippen molar-refractivity contribution in [2.24, 2.45) is 0 Å². The van der Waals surface area contributed by atoms with E-state index in [9.17, 15) is 13.6 Å². The van der Waals surface area contributed by atoms with Crippen LogP contribution < -0.4 is 0 Å². The molecule has 0 aliphatic carbocycles. The fourth-order valence-corrected chi connectivity index (χ4v) is 3.09. The maximum Gasteiger partial charge on any atom is 0.320 e.